The number of methoxy groups -OCH3 is 1. The van der Waals surface area contributed by atoms with E-state index >= 15 is 0 Å². The molecule has 4 aromatic rings. The van der Waals surface area contributed by atoms with Gasteiger partial charge < -0.3 is 14.5 Å². The summed E-state index contributed by atoms with van der Waals surface area (Å²) in [6, 6.07) is 19.8. The highest BCUT2D eigenvalue weighted by molar-refractivity contribution is 6.10. The molecule has 1 aromatic heterocycles. The van der Waals surface area contributed by atoms with Gasteiger partial charge in [0.15, 0.2) is 0 Å². The van der Waals surface area contributed by atoms with Crippen LogP contribution < -0.4 is 15.7 Å². The maximum atomic E-state index is 12.6. The summed E-state index contributed by atoms with van der Waals surface area (Å²) in [4.78, 5) is 24.8. The van der Waals surface area contributed by atoms with Crippen molar-refractivity contribution in [2.75, 3.05) is 12.4 Å². The molecule has 1 N–H and O–H groups in total. The molecule has 0 saturated carbocycles. The number of rotatable bonds is 3. The zero-order chi connectivity index (χ0) is 18.1. The number of amides is 1. The van der Waals surface area contributed by atoms with E-state index in [4.69, 9.17) is 9.15 Å². The van der Waals surface area contributed by atoms with E-state index < -0.39 is 11.5 Å². The molecule has 0 bridgehead atoms. The molecule has 26 heavy (non-hydrogen) atoms. The van der Waals surface area contributed by atoms with Gasteiger partial charge in [0.2, 0.25) is 0 Å². The Bertz CT molecular complexity index is 1180. The van der Waals surface area contributed by atoms with Crippen LogP contribution in [0.3, 0.4) is 0 Å². The summed E-state index contributed by atoms with van der Waals surface area (Å²) in [6.07, 6.45) is 0. The van der Waals surface area contributed by atoms with Gasteiger partial charge in [-0.3, -0.25) is 4.79 Å². The number of benzene rings is 3. The molecule has 0 aliphatic rings. The molecule has 1 heterocycles. The monoisotopic (exact) mass is 345 g/mol. The summed E-state index contributed by atoms with van der Waals surface area (Å²) >= 11 is 0. The Labute approximate surface area is 148 Å². The van der Waals surface area contributed by atoms with Crippen molar-refractivity contribution in [3.8, 4) is 5.75 Å². The fraction of sp³-hybridized carbons (Fsp3) is 0.0476. The topological polar surface area (TPSA) is 68.5 Å². The van der Waals surface area contributed by atoms with E-state index in [1.54, 1.807) is 43.5 Å². The molecule has 4 rings (SSSR count). The van der Waals surface area contributed by atoms with Gasteiger partial charge in [-0.15, -0.1) is 0 Å². The summed E-state index contributed by atoms with van der Waals surface area (Å²) in [5.41, 5.74) is 0.311. The number of ether oxygens (including phenoxy) is 1. The van der Waals surface area contributed by atoms with Crippen LogP contribution in [0.2, 0.25) is 0 Å². The standard InChI is InChI=1S/C21H15NO4/c1-25-15-9-7-14(8-10-15)22-20(23)18-12-17-16-5-3-2-4-13(16)6-11-19(17)26-21(18)24/h2-12H,1H3,(H,22,23). The first-order chi connectivity index (χ1) is 12.7. The molecule has 0 aliphatic heterocycles. The molecule has 0 fully saturated rings. The number of hydrogen-bond donors (Lipinski definition) is 1. The molecule has 5 nitrogen and oxygen atoms in total. The van der Waals surface area contributed by atoms with Crippen LogP contribution >= 0.6 is 0 Å². The zero-order valence-electron chi connectivity index (χ0n) is 14.0. The van der Waals surface area contributed by atoms with Crippen molar-refractivity contribution in [1.29, 1.82) is 0 Å². The van der Waals surface area contributed by atoms with Crippen LogP contribution in [0.15, 0.2) is 75.9 Å². The first-order valence-electron chi connectivity index (χ1n) is 8.07. The van der Waals surface area contributed by atoms with E-state index in [9.17, 15) is 9.59 Å². The van der Waals surface area contributed by atoms with Crippen molar-refractivity contribution in [1.82, 2.24) is 0 Å². The van der Waals surface area contributed by atoms with E-state index in [2.05, 4.69) is 5.32 Å². The maximum absolute atomic E-state index is 12.6. The van der Waals surface area contributed by atoms with Crippen molar-refractivity contribution in [3.63, 3.8) is 0 Å². The Morgan fingerprint density at radius 3 is 2.50 bits per heavy atom. The molecule has 0 spiro atoms. The lowest BCUT2D eigenvalue weighted by molar-refractivity contribution is 0.102. The van der Waals surface area contributed by atoms with E-state index in [0.29, 0.717) is 17.0 Å². The Hall–Kier alpha value is -3.60. The normalized spacial score (nSPS) is 10.8. The van der Waals surface area contributed by atoms with Gasteiger partial charge >= 0.3 is 5.63 Å². The fourth-order valence-electron chi connectivity index (χ4n) is 2.90. The van der Waals surface area contributed by atoms with Gasteiger partial charge in [-0.2, -0.15) is 0 Å². The summed E-state index contributed by atoms with van der Waals surface area (Å²) in [5, 5.41) is 5.37. The Kier molecular flexibility index (Phi) is 3.89. The Morgan fingerprint density at radius 1 is 0.962 bits per heavy atom. The van der Waals surface area contributed by atoms with Crippen LogP contribution in [0.1, 0.15) is 10.4 Å². The highest BCUT2D eigenvalue weighted by atomic mass is 16.5. The lowest BCUT2D eigenvalue weighted by Gasteiger charge is -2.07. The van der Waals surface area contributed by atoms with Crippen molar-refractivity contribution < 1.29 is 13.9 Å². The largest absolute Gasteiger partial charge is 0.497 e. The predicted molar refractivity (Wildman–Crippen MR) is 101 cm³/mol. The summed E-state index contributed by atoms with van der Waals surface area (Å²) in [5.74, 6) is 0.165. The molecule has 0 unspecified atom stereocenters. The molecule has 0 atom stereocenters. The van der Waals surface area contributed by atoms with Gasteiger partial charge in [0.1, 0.15) is 16.9 Å². The smallest absolute Gasteiger partial charge is 0.349 e. The lowest BCUT2D eigenvalue weighted by Crippen LogP contribution is -2.20. The fourth-order valence-corrected chi connectivity index (χ4v) is 2.90. The van der Waals surface area contributed by atoms with Crippen molar-refractivity contribution in [2.24, 2.45) is 0 Å². The molecule has 0 radical (unpaired) electrons. The lowest BCUT2D eigenvalue weighted by atomic mass is 10.0. The van der Waals surface area contributed by atoms with E-state index in [0.717, 1.165) is 16.2 Å². The predicted octanol–water partition coefficient (Wildman–Crippen LogP) is 4.21. The molecular formula is C21H15NO4. The molecule has 0 aliphatic carbocycles. The second-order valence-corrected chi connectivity index (χ2v) is 5.83. The van der Waals surface area contributed by atoms with E-state index in [-0.39, 0.29) is 5.56 Å². The minimum Gasteiger partial charge on any atom is -0.497 e. The van der Waals surface area contributed by atoms with Crippen LogP contribution in [-0.4, -0.2) is 13.0 Å². The van der Waals surface area contributed by atoms with Gasteiger partial charge in [-0.1, -0.05) is 30.3 Å². The first-order valence-corrected chi connectivity index (χ1v) is 8.07. The zero-order valence-corrected chi connectivity index (χ0v) is 14.0. The van der Waals surface area contributed by atoms with Crippen LogP contribution in [0.5, 0.6) is 5.75 Å². The van der Waals surface area contributed by atoms with Crippen molar-refractivity contribution >= 4 is 33.3 Å². The molecule has 5 heteroatoms. The SMILES string of the molecule is COc1ccc(NC(=O)c2cc3c(ccc4ccccc43)oc2=O)cc1. The van der Waals surface area contributed by atoms with Gasteiger partial charge in [0.05, 0.1) is 7.11 Å². The highest BCUT2D eigenvalue weighted by Gasteiger charge is 2.15. The average molecular weight is 345 g/mol. The third-order valence-electron chi connectivity index (χ3n) is 4.23. The summed E-state index contributed by atoms with van der Waals surface area (Å²) in [7, 11) is 1.57. The van der Waals surface area contributed by atoms with Crippen LogP contribution in [-0.2, 0) is 0 Å². The quantitative estimate of drug-likeness (QED) is 0.446. The minimum atomic E-state index is -0.668. The highest BCUT2D eigenvalue weighted by Crippen LogP contribution is 2.25. The number of anilines is 1. The number of carbonyl (C=O) groups is 1. The number of fused-ring (bicyclic) bond motifs is 3. The molecular weight excluding hydrogens is 330 g/mol. The Balaban J connectivity index is 1.77. The van der Waals surface area contributed by atoms with Crippen LogP contribution in [0.4, 0.5) is 5.69 Å². The molecule has 3 aromatic carbocycles. The maximum Gasteiger partial charge on any atom is 0.349 e. The third-order valence-corrected chi connectivity index (χ3v) is 4.23. The average Bonchev–Trinajstić information content (AvgIpc) is 2.67. The van der Waals surface area contributed by atoms with Crippen LogP contribution in [0, 0.1) is 0 Å². The molecule has 128 valence electrons. The number of nitrogens with one attached hydrogen (secondary N) is 1. The summed E-state index contributed by atoms with van der Waals surface area (Å²) in [6.45, 7) is 0. The molecule has 0 saturated heterocycles. The molecule has 1 amide bonds. The Morgan fingerprint density at radius 2 is 1.73 bits per heavy atom. The van der Waals surface area contributed by atoms with E-state index in [1.807, 2.05) is 30.3 Å². The van der Waals surface area contributed by atoms with Gasteiger partial charge in [-0.05, 0) is 47.2 Å². The van der Waals surface area contributed by atoms with Crippen LogP contribution in [0.25, 0.3) is 21.7 Å². The summed E-state index contributed by atoms with van der Waals surface area (Å²) < 4.78 is 10.4. The second-order valence-electron chi connectivity index (χ2n) is 5.83. The number of hydrogen-bond acceptors (Lipinski definition) is 4. The van der Waals surface area contributed by atoms with Gasteiger partial charge in [0, 0.05) is 11.1 Å². The number of carbonyl (C=O) groups excluding carboxylic acids is 1. The minimum absolute atomic E-state index is 0.0373. The van der Waals surface area contributed by atoms with Crippen molar-refractivity contribution in [2.45, 2.75) is 0 Å². The van der Waals surface area contributed by atoms with Crippen molar-refractivity contribution in [3.05, 3.63) is 82.7 Å². The third kappa shape index (κ3) is 2.80. The van der Waals surface area contributed by atoms with Gasteiger partial charge in [0.25, 0.3) is 5.91 Å². The van der Waals surface area contributed by atoms with Gasteiger partial charge in [-0.25, -0.2) is 4.79 Å². The van der Waals surface area contributed by atoms with E-state index in [1.165, 1.54) is 0 Å². The second kappa shape index (κ2) is 6.37. The first kappa shape index (κ1) is 15.9.